The van der Waals surface area contributed by atoms with Crippen LogP contribution in [-0.2, 0) is 0 Å². The van der Waals surface area contributed by atoms with E-state index in [-0.39, 0.29) is 18.3 Å². The highest BCUT2D eigenvalue weighted by molar-refractivity contribution is 5.55. The molecule has 2 aromatic rings. The molecule has 6 heteroatoms. The Morgan fingerprint density at radius 2 is 2.22 bits per heavy atom. The molecular formula is C12H14FN3O2. The molecule has 3 N–H and O–H groups in total. The standard InChI is InChI=1S/C12H14FN3O2/c1-7-4-8(6-9(13)5-7)11-15-12(18-16-11)10(14)2-3-17/h4-6,10,17H,2-3,14H2,1H3. The third kappa shape index (κ3) is 2.72. The molecule has 0 amide bonds. The molecule has 0 saturated heterocycles. The number of halogens is 1. The van der Waals surface area contributed by atoms with Gasteiger partial charge in [0.15, 0.2) is 0 Å². The molecule has 0 saturated carbocycles. The topological polar surface area (TPSA) is 85.2 Å². The van der Waals surface area contributed by atoms with E-state index in [4.69, 9.17) is 15.4 Å². The van der Waals surface area contributed by atoms with Crippen molar-refractivity contribution in [1.82, 2.24) is 10.1 Å². The third-order valence-corrected chi connectivity index (χ3v) is 2.50. The maximum atomic E-state index is 13.3. The maximum Gasteiger partial charge on any atom is 0.243 e. The Kier molecular flexibility index (Phi) is 3.69. The summed E-state index contributed by atoms with van der Waals surface area (Å²) < 4.78 is 18.2. The van der Waals surface area contributed by atoms with Crippen LogP contribution in [0.4, 0.5) is 4.39 Å². The van der Waals surface area contributed by atoms with Crippen LogP contribution in [0.5, 0.6) is 0 Å². The molecule has 0 aliphatic carbocycles. The Morgan fingerprint density at radius 3 is 2.89 bits per heavy atom. The normalized spacial score (nSPS) is 12.7. The highest BCUT2D eigenvalue weighted by Gasteiger charge is 2.15. The van der Waals surface area contributed by atoms with Gasteiger partial charge in [-0.3, -0.25) is 0 Å². The highest BCUT2D eigenvalue weighted by Crippen LogP contribution is 2.21. The smallest absolute Gasteiger partial charge is 0.243 e. The lowest BCUT2D eigenvalue weighted by Crippen LogP contribution is -2.12. The molecule has 1 unspecified atom stereocenters. The minimum atomic E-state index is -0.508. The first-order chi connectivity index (χ1) is 8.60. The van der Waals surface area contributed by atoms with E-state index in [2.05, 4.69) is 10.1 Å². The van der Waals surface area contributed by atoms with Crippen LogP contribution in [0.25, 0.3) is 11.4 Å². The molecule has 96 valence electrons. The second-order valence-electron chi connectivity index (χ2n) is 4.09. The van der Waals surface area contributed by atoms with E-state index < -0.39 is 6.04 Å². The zero-order chi connectivity index (χ0) is 13.1. The number of aliphatic hydroxyl groups is 1. The predicted octanol–water partition coefficient (Wildman–Crippen LogP) is 1.57. The van der Waals surface area contributed by atoms with Gasteiger partial charge in [0.25, 0.3) is 0 Å². The van der Waals surface area contributed by atoms with Gasteiger partial charge in [-0.15, -0.1) is 0 Å². The first-order valence-electron chi connectivity index (χ1n) is 5.58. The van der Waals surface area contributed by atoms with Crippen molar-refractivity contribution >= 4 is 0 Å². The number of rotatable bonds is 4. The summed E-state index contributed by atoms with van der Waals surface area (Å²) in [7, 11) is 0. The molecule has 0 fully saturated rings. The SMILES string of the molecule is Cc1cc(F)cc(-c2noc(C(N)CCO)n2)c1. The fourth-order valence-corrected chi connectivity index (χ4v) is 1.63. The Morgan fingerprint density at radius 1 is 1.44 bits per heavy atom. The van der Waals surface area contributed by atoms with Crippen molar-refractivity contribution in [1.29, 1.82) is 0 Å². The Labute approximate surface area is 103 Å². The molecule has 1 atom stereocenters. The summed E-state index contributed by atoms with van der Waals surface area (Å²) in [6.45, 7) is 1.73. The Bertz CT molecular complexity index is 522. The average molecular weight is 251 g/mol. The molecule has 0 spiro atoms. The highest BCUT2D eigenvalue weighted by atomic mass is 19.1. The van der Waals surface area contributed by atoms with E-state index in [0.717, 1.165) is 5.56 Å². The fourth-order valence-electron chi connectivity index (χ4n) is 1.63. The van der Waals surface area contributed by atoms with Crippen molar-refractivity contribution in [2.45, 2.75) is 19.4 Å². The lowest BCUT2D eigenvalue weighted by molar-refractivity contribution is 0.259. The predicted molar refractivity (Wildman–Crippen MR) is 63.1 cm³/mol. The van der Waals surface area contributed by atoms with Crippen molar-refractivity contribution in [3.63, 3.8) is 0 Å². The van der Waals surface area contributed by atoms with E-state index in [9.17, 15) is 4.39 Å². The van der Waals surface area contributed by atoms with E-state index in [0.29, 0.717) is 17.8 Å². The van der Waals surface area contributed by atoms with Crippen molar-refractivity contribution in [3.05, 3.63) is 35.5 Å². The van der Waals surface area contributed by atoms with Crippen LogP contribution >= 0.6 is 0 Å². The summed E-state index contributed by atoms with van der Waals surface area (Å²) in [4.78, 5) is 4.10. The van der Waals surface area contributed by atoms with Crippen LogP contribution in [0, 0.1) is 12.7 Å². The molecule has 1 aromatic heterocycles. The number of aromatic nitrogens is 2. The van der Waals surface area contributed by atoms with Gasteiger partial charge in [0.1, 0.15) is 5.82 Å². The molecular weight excluding hydrogens is 237 g/mol. The second-order valence-corrected chi connectivity index (χ2v) is 4.09. The van der Waals surface area contributed by atoms with Gasteiger partial charge in [-0.25, -0.2) is 4.39 Å². The molecule has 0 radical (unpaired) electrons. The summed E-state index contributed by atoms with van der Waals surface area (Å²) >= 11 is 0. The Balaban J connectivity index is 2.29. The van der Waals surface area contributed by atoms with Crippen LogP contribution in [0.2, 0.25) is 0 Å². The first-order valence-corrected chi connectivity index (χ1v) is 5.58. The van der Waals surface area contributed by atoms with Crippen molar-refractivity contribution in [2.24, 2.45) is 5.73 Å². The van der Waals surface area contributed by atoms with Gasteiger partial charge in [0.2, 0.25) is 11.7 Å². The molecule has 0 aliphatic heterocycles. The molecule has 0 bridgehead atoms. The van der Waals surface area contributed by atoms with E-state index in [1.54, 1.807) is 13.0 Å². The van der Waals surface area contributed by atoms with Crippen LogP contribution in [0.1, 0.15) is 23.9 Å². The second kappa shape index (κ2) is 5.24. The van der Waals surface area contributed by atoms with Crippen LogP contribution < -0.4 is 5.73 Å². The third-order valence-electron chi connectivity index (χ3n) is 2.50. The van der Waals surface area contributed by atoms with Crippen LogP contribution in [0.3, 0.4) is 0 Å². The van der Waals surface area contributed by atoms with Gasteiger partial charge in [-0.2, -0.15) is 4.98 Å². The van der Waals surface area contributed by atoms with Crippen molar-refractivity contribution < 1.29 is 14.0 Å². The van der Waals surface area contributed by atoms with E-state index in [1.807, 2.05) is 0 Å². The van der Waals surface area contributed by atoms with E-state index in [1.165, 1.54) is 12.1 Å². The van der Waals surface area contributed by atoms with Crippen molar-refractivity contribution in [2.75, 3.05) is 6.61 Å². The molecule has 18 heavy (non-hydrogen) atoms. The zero-order valence-corrected chi connectivity index (χ0v) is 9.93. The summed E-state index contributed by atoms with van der Waals surface area (Å²) in [5.41, 5.74) is 7.04. The summed E-state index contributed by atoms with van der Waals surface area (Å²) in [5, 5.41) is 12.5. The molecule has 1 aromatic carbocycles. The summed E-state index contributed by atoms with van der Waals surface area (Å²) in [6, 6.07) is 4.00. The minimum absolute atomic E-state index is 0.0576. The molecule has 2 rings (SSSR count). The minimum Gasteiger partial charge on any atom is -0.396 e. The maximum absolute atomic E-state index is 13.3. The molecule has 1 heterocycles. The van der Waals surface area contributed by atoms with Gasteiger partial charge in [-0.1, -0.05) is 5.16 Å². The van der Waals surface area contributed by atoms with Gasteiger partial charge in [-0.05, 0) is 37.1 Å². The van der Waals surface area contributed by atoms with Gasteiger partial charge >= 0.3 is 0 Å². The number of nitrogens with two attached hydrogens (primary N) is 1. The summed E-state index contributed by atoms with van der Waals surface area (Å²) in [5.74, 6) is 0.179. The number of aliphatic hydroxyl groups excluding tert-OH is 1. The van der Waals surface area contributed by atoms with Crippen LogP contribution in [0.15, 0.2) is 22.7 Å². The fraction of sp³-hybridized carbons (Fsp3) is 0.333. The van der Waals surface area contributed by atoms with Crippen LogP contribution in [-0.4, -0.2) is 21.9 Å². The first kappa shape index (κ1) is 12.7. The van der Waals surface area contributed by atoms with E-state index >= 15 is 0 Å². The number of hydrogen-bond donors (Lipinski definition) is 2. The van der Waals surface area contributed by atoms with Gasteiger partial charge in [0, 0.05) is 12.2 Å². The quantitative estimate of drug-likeness (QED) is 0.861. The summed E-state index contributed by atoms with van der Waals surface area (Å²) in [6.07, 6.45) is 0.337. The number of hydrogen-bond acceptors (Lipinski definition) is 5. The number of aryl methyl sites for hydroxylation is 1. The lowest BCUT2D eigenvalue weighted by atomic mass is 10.1. The molecule has 5 nitrogen and oxygen atoms in total. The van der Waals surface area contributed by atoms with Gasteiger partial charge < -0.3 is 15.4 Å². The lowest BCUT2D eigenvalue weighted by Gasteiger charge is -2.01. The largest absolute Gasteiger partial charge is 0.396 e. The monoisotopic (exact) mass is 251 g/mol. The van der Waals surface area contributed by atoms with Gasteiger partial charge in [0.05, 0.1) is 6.04 Å². The van der Waals surface area contributed by atoms with Crippen molar-refractivity contribution in [3.8, 4) is 11.4 Å². The number of nitrogens with zero attached hydrogens (tertiary/aromatic N) is 2. The Hall–Kier alpha value is -1.79. The zero-order valence-electron chi connectivity index (χ0n) is 9.93. The number of benzene rings is 1. The molecule has 0 aliphatic rings. The average Bonchev–Trinajstić information content (AvgIpc) is 2.77.